The van der Waals surface area contributed by atoms with Gasteiger partial charge in [0.2, 0.25) is 0 Å². The molecule has 2 aromatic heterocycles. The van der Waals surface area contributed by atoms with Gasteiger partial charge in [0.05, 0.1) is 27.9 Å². The second-order valence-corrected chi connectivity index (χ2v) is 6.91. The number of nitrogens with zero attached hydrogens (tertiary/aromatic N) is 3. The van der Waals surface area contributed by atoms with Crippen molar-refractivity contribution in [2.75, 3.05) is 6.26 Å². The van der Waals surface area contributed by atoms with Crippen LogP contribution in [0.1, 0.15) is 5.82 Å². The van der Waals surface area contributed by atoms with E-state index >= 15 is 0 Å². The van der Waals surface area contributed by atoms with E-state index in [1.165, 1.54) is 10.6 Å². The van der Waals surface area contributed by atoms with E-state index in [1.807, 2.05) is 0 Å². The number of fused-ring (bicyclic) bond motifs is 1. The highest BCUT2D eigenvalue weighted by atomic mass is 32.2. The second-order valence-electron chi connectivity index (χ2n) is 4.89. The van der Waals surface area contributed by atoms with E-state index in [-0.39, 0.29) is 11.3 Å². The van der Waals surface area contributed by atoms with E-state index in [0.717, 1.165) is 18.4 Å². The maximum atomic E-state index is 14.2. The monoisotopic (exact) mass is 323 g/mol. The van der Waals surface area contributed by atoms with Crippen molar-refractivity contribution >= 4 is 15.4 Å². The van der Waals surface area contributed by atoms with Gasteiger partial charge >= 0.3 is 0 Å². The molecule has 0 spiro atoms. The van der Waals surface area contributed by atoms with Crippen LogP contribution in [0.5, 0.6) is 0 Å². The summed E-state index contributed by atoms with van der Waals surface area (Å²) in [6, 6.07) is 4.67. The zero-order valence-corrected chi connectivity index (χ0v) is 12.5. The van der Waals surface area contributed by atoms with Crippen molar-refractivity contribution in [3.63, 3.8) is 0 Å². The van der Waals surface area contributed by atoms with Crippen molar-refractivity contribution in [3.8, 4) is 11.3 Å². The van der Waals surface area contributed by atoms with Crippen LogP contribution < -0.4 is 0 Å². The third kappa shape index (κ3) is 2.35. The third-order valence-electron chi connectivity index (χ3n) is 3.25. The molecule has 0 radical (unpaired) electrons. The van der Waals surface area contributed by atoms with Crippen LogP contribution in [0.25, 0.3) is 16.8 Å². The van der Waals surface area contributed by atoms with Gasteiger partial charge in [-0.2, -0.15) is 5.10 Å². The Morgan fingerprint density at radius 3 is 2.36 bits per heavy atom. The molecule has 0 amide bonds. The summed E-state index contributed by atoms with van der Waals surface area (Å²) in [6.07, 6.45) is 2.48. The number of aryl methyl sites for hydroxylation is 1. The Kier molecular flexibility index (Phi) is 3.21. The van der Waals surface area contributed by atoms with E-state index in [1.54, 1.807) is 19.2 Å². The lowest BCUT2D eigenvalue weighted by molar-refractivity contribution is 0.572. The van der Waals surface area contributed by atoms with Crippen molar-refractivity contribution < 1.29 is 17.2 Å². The lowest BCUT2D eigenvalue weighted by Crippen LogP contribution is -2.03. The normalized spacial score (nSPS) is 12.0. The number of rotatable bonds is 2. The summed E-state index contributed by atoms with van der Waals surface area (Å²) in [4.78, 5) is 3.64. The zero-order valence-electron chi connectivity index (χ0n) is 11.7. The molecule has 5 nitrogen and oxygen atoms in total. The third-order valence-corrected chi connectivity index (χ3v) is 4.35. The fourth-order valence-electron chi connectivity index (χ4n) is 2.15. The fourth-order valence-corrected chi connectivity index (χ4v) is 2.78. The van der Waals surface area contributed by atoms with E-state index in [2.05, 4.69) is 10.1 Å². The number of hydrogen-bond acceptors (Lipinski definition) is 4. The number of hydrogen-bond donors (Lipinski definition) is 0. The van der Waals surface area contributed by atoms with Gasteiger partial charge in [0.25, 0.3) is 0 Å². The second kappa shape index (κ2) is 4.84. The summed E-state index contributed by atoms with van der Waals surface area (Å²) in [5.41, 5.74) is 0.376. The van der Waals surface area contributed by atoms with E-state index < -0.39 is 26.4 Å². The Hall–Kier alpha value is -2.35. The minimum Gasteiger partial charge on any atom is -0.239 e. The summed E-state index contributed by atoms with van der Waals surface area (Å²) < 4.78 is 52.6. The van der Waals surface area contributed by atoms with Gasteiger partial charge in [0.1, 0.15) is 17.5 Å². The predicted octanol–water partition coefficient (Wildman–Crippen LogP) is 2.39. The average molecular weight is 323 g/mol. The van der Waals surface area contributed by atoms with E-state index in [4.69, 9.17) is 0 Å². The Morgan fingerprint density at radius 1 is 1.14 bits per heavy atom. The van der Waals surface area contributed by atoms with Gasteiger partial charge in [0.15, 0.2) is 9.84 Å². The molecule has 0 N–H and O–H groups in total. The van der Waals surface area contributed by atoms with Crippen LogP contribution in [-0.4, -0.2) is 29.3 Å². The van der Waals surface area contributed by atoms with E-state index in [0.29, 0.717) is 11.3 Å². The predicted molar refractivity (Wildman–Crippen MR) is 76.2 cm³/mol. The number of aromatic nitrogens is 3. The highest BCUT2D eigenvalue weighted by Crippen LogP contribution is 2.27. The highest BCUT2D eigenvalue weighted by Gasteiger charge is 2.19. The van der Waals surface area contributed by atoms with Gasteiger partial charge < -0.3 is 0 Å². The summed E-state index contributed by atoms with van der Waals surface area (Å²) in [5.74, 6) is -1.39. The molecule has 0 atom stereocenters. The minimum atomic E-state index is -3.69. The summed E-state index contributed by atoms with van der Waals surface area (Å²) in [6.45, 7) is 1.71. The molecule has 0 bridgehead atoms. The standard InChI is InChI=1S/C14H11F2N3O2S/c1-8-17-7-9-3-4-13(18-19(8)9)14-11(15)5-10(6-12(14)16)22(2,20)21/h3-7H,1-2H3. The molecular weight excluding hydrogens is 312 g/mol. The summed E-state index contributed by atoms with van der Waals surface area (Å²) in [7, 11) is -3.69. The molecular formula is C14H11F2N3O2S. The van der Waals surface area contributed by atoms with Crippen LogP contribution in [-0.2, 0) is 9.84 Å². The average Bonchev–Trinajstić information content (AvgIpc) is 2.78. The Labute approximate surface area is 125 Å². The number of benzene rings is 1. The van der Waals surface area contributed by atoms with Crippen LogP contribution >= 0.6 is 0 Å². The molecule has 1 aromatic carbocycles. The molecule has 22 heavy (non-hydrogen) atoms. The van der Waals surface area contributed by atoms with Crippen LogP contribution in [0.3, 0.4) is 0 Å². The molecule has 0 saturated carbocycles. The molecule has 3 rings (SSSR count). The van der Waals surface area contributed by atoms with Crippen molar-refractivity contribution in [1.29, 1.82) is 0 Å². The number of sulfone groups is 1. The van der Waals surface area contributed by atoms with Crippen molar-refractivity contribution in [3.05, 3.63) is 47.9 Å². The zero-order chi connectivity index (χ0) is 16.1. The van der Waals surface area contributed by atoms with Gasteiger partial charge in [-0.05, 0) is 31.2 Å². The van der Waals surface area contributed by atoms with Crippen molar-refractivity contribution in [2.24, 2.45) is 0 Å². The molecule has 3 aromatic rings. The largest absolute Gasteiger partial charge is 0.239 e. The van der Waals surface area contributed by atoms with Crippen molar-refractivity contribution in [1.82, 2.24) is 14.6 Å². The van der Waals surface area contributed by atoms with Crippen LogP contribution in [0.4, 0.5) is 8.78 Å². The fraction of sp³-hybridized carbons (Fsp3) is 0.143. The maximum absolute atomic E-state index is 14.2. The lowest BCUT2D eigenvalue weighted by atomic mass is 10.1. The first-order valence-corrected chi connectivity index (χ1v) is 8.17. The maximum Gasteiger partial charge on any atom is 0.175 e. The Bertz CT molecular complexity index is 973. The SMILES string of the molecule is Cc1ncc2ccc(-c3c(F)cc(S(C)(=O)=O)cc3F)nn12. The highest BCUT2D eigenvalue weighted by molar-refractivity contribution is 7.90. The quantitative estimate of drug-likeness (QED) is 0.726. The molecule has 114 valence electrons. The van der Waals surface area contributed by atoms with Crippen LogP contribution in [0.15, 0.2) is 35.4 Å². The Morgan fingerprint density at radius 2 is 1.77 bits per heavy atom. The molecule has 0 saturated heterocycles. The van der Waals surface area contributed by atoms with Crippen molar-refractivity contribution in [2.45, 2.75) is 11.8 Å². The Balaban J connectivity index is 2.24. The van der Waals surface area contributed by atoms with Crippen LogP contribution in [0.2, 0.25) is 0 Å². The first kappa shape index (κ1) is 14.6. The molecule has 0 aliphatic heterocycles. The first-order valence-electron chi connectivity index (χ1n) is 6.28. The van der Waals surface area contributed by atoms with Crippen LogP contribution in [0, 0.1) is 18.6 Å². The molecule has 0 fully saturated rings. The smallest absolute Gasteiger partial charge is 0.175 e. The summed E-state index contributed by atoms with van der Waals surface area (Å²) >= 11 is 0. The lowest BCUT2D eigenvalue weighted by Gasteiger charge is -2.07. The molecule has 8 heteroatoms. The molecule has 2 heterocycles. The van der Waals surface area contributed by atoms with Gasteiger partial charge in [0, 0.05) is 6.26 Å². The van der Waals surface area contributed by atoms with Gasteiger partial charge in [-0.3, -0.25) is 0 Å². The molecule has 0 aliphatic carbocycles. The first-order chi connectivity index (χ1) is 10.3. The topological polar surface area (TPSA) is 64.3 Å². The molecule has 0 unspecified atom stereocenters. The van der Waals surface area contributed by atoms with Gasteiger partial charge in [-0.1, -0.05) is 0 Å². The minimum absolute atomic E-state index is 0.0589. The molecule has 0 aliphatic rings. The van der Waals surface area contributed by atoms with E-state index in [9.17, 15) is 17.2 Å². The summed E-state index contributed by atoms with van der Waals surface area (Å²) in [5, 5.41) is 4.14. The number of imidazole rings is 1. The number of halogens is 2. The van der Waals surface area contributed by atoms with Gasteiger partial charge in [-0.15, -0.1) is 0 Å². The van der Waals surface area contributed by atoms with Gasteiger partial charge in [-0.25, -0.2) is 26.7 Å².